The fraction of sp³-hybridized carbons (Fsp3) is 0.195. The predicted molar refractivity (Wildman–Crippen MR) is 216 cm³/mol. The highest BCUT2D eigenvalue weighted by molar-refractivity contribution is 7.15. The zero-order valence-electron chi connectivity index (χ0n) is 31.5. The van der Waals surface area contributed by atoms with Gasteiger partial charge < -0.3 is 9.47 Å². The number of aryl methyl sites for hydroxylation is 2. The molecule has 1 N–H and O–H groups in total. The summed E-state index contributed by atoms with van der Waals surface area (Å²) in [6.07, 6.45) is -9.48. The molecule has 19 heteroatoms. The van der Waals surface area contributed by atoms with Gasteiger partial charge in [-0.05, 0) is 82.3 Å². The van der Waals surface area contributed by atoms with E-state index in [4.69, 9.17) is 37.9 Å². The van der Waals surface area contributed by atoms with Crippen LogP contribution in [0.4, 0.5) is 26.3 Å². The molecule has 3 heterocycles. The molecule has 310 valence electrons. The maximum absolute atomic E-state index is 12.8. The number of aromatic amines is 1. The summed E-state index contributed by atoms with van der Waals surface area (Å²) in [4.78, 5) is 24.2. The van der Waals surface area contributed by atoms with Crippen molar-refractivity contribution >= 4 is 45.9 Å². The molecule has 0 bridgehead atoms. The Morgan fingerprint density at radius 2 is 1.17 bits per heavy atom. The highest BCUT2D eigenvalue weighted by Crippen LogP contribution is 2.39. The van der Waals surface area contributed by atoms with Crippen LogP contribution in [0.2, 0.25) is 10.0 Å². The number of thiazole rings is 2. The normalized spacial score (nSPS) is 12.6. The molecular weight excluding hydrogens is 876 g/mol. The molecule has 4 aromatic carbocycles. The number of H-pyrrole nitrogens is 1. The van der Waals surface area contributed by atoms with E-state index in [1.54, 1.807) is 36.4 Å². The summed E-state index contributed by atoms with van der Waals surface area (Å²) in [5, 5.41) is 14.4. The average Bonchev–Trinajstić information content (AvgIpc) is 3.92. The van der Waals surface area contributed by atoms with Crippen LogP contribution >= 0.6 is 45.9 Å². The highest BCUT2D eigenvalue weighted by Gasteiger charge is 2.31. The third kappa shape index (κ3) is 10.4. The van der Waals surface area contributed by atoms with Crippen LogP contribution in [0.3, 0.4) is 0 Å². The molecule has 0 aliphatic carbocycles. The van der Waals surface area contributed by atoms with E-state index < -0.39 is 29.2 Å². The maximum atomic E-state index is 12.8. The number of nitrogens with one attached hydrogen (secondary N) is 1. The van der Waals surface area contributed by atoms with Gasteiger partial charge in [0, 0.05) is 22.8 Å². The first-order chi connectivity index (χ1) is 28.3. The minimum Gasteiger partial charge on any atom is -0.485 e. The number of aromatic nitrogens is 4. The van der Waals surface area contributed by atoms with Gasteiger partial charge in [-0.2, -0.15) is 31.6 Å². The van der Waals surface area contributed by atoms with Crippen molar-refractivity contribution in [2.75, 3.05) is 0 Å². The Balaban J connectivity index is 0.000000203. The molecule has 2 unspecified atom stereocenters. The minimum absolute atomic E-state index is 0.207. The molecule has 60 heavy (non-hydrogen) atoms. The number of nitriles is 1. The second kappa shape index (κ2) is 17.9. The number of halogens is 8. The van der Waals surface area contributed by atoms with Crippen LogP contribution in [0.25, 0.3) is 32.5 Å². The van der Waals surface area contributed by atoms with Gasteiger partial charge in [0.15, 0.2) is 5.82 Å². The SMILES string of the molecule is Cc1nc(-c2ccc(C(F)(F)F)cc2)sc1C(C)Oc1ccc(-c2noc(=O)[nH]2)c(Cl)c1.Cc1nc(-c2ccc(C(F)(F)F)cc2)sc1C(C)Oc1ccc(C#N)c(Cl)c1. The van der Waals surface area contributed by atoms with Crippen molar-refractivity contribution in [1.82, 2.24) is 20.1 Å². The second-order valence-corrected chi connectivity index (χ2v) is 15.8. The molecule has 0 spiro atoms. The van der Waals surface area contributed by atoms with E-state index >= 15 is 0 Å². The Hall–Kier alpha value is -5.67. The molecule has 0 amide bonds. The van der Waals surface area contributed by atoms with Gasteiger partial charge in [0.1, 0.15) is 39.8 Å². The van der Waals surface area contributed by atoms with E-state index in [0.717, 1.165) is 45.4 Å². The summed E-state index contributed by atoms with van der Waals surface area (Å²) < 4.78 is 92.9. The first kappa shape index (κ1) is 43.9. The van der Waals surface area contributed by atoms with E-state index in [1.165, 1.54) is 46.9 Å². The quantitative estimate of drug-likeness (QED) is 0.142. The van der Waals surface area contributed by atoms with E-state index in [2.05, 4.69) is 24.6 Å². The molecule has 0 saturated heterocycles. The summed E-state index contributed by atoms with van der Waals surface area (Å²) in [7, 11) is 0. The molecule has 0 aliphatic heterocycles. The summed E-state index contributed by atoms with van der Waals surface area (Å²) in [5.74, 6) is 0.523. The predicted octanol–water partition coefficient (Wildman–Crippen LogP) is 13.1. The van der Waals surface area contributed by atoms with Gasteiger partial charge in [-0.15, -0.1) is 22.7 Å². The fourth-order valence-corrected chi connectivity index (χ4v) is 8.28. The van der Waals surface area contributed by atoms with E-state index in [9.17, 15) is 31.1 Å². The van der Waals surface area contributed by atoms with Crippen molar-refractivity contribution in [3.05, 3.63) is 143 Å². The first-order valence-corrected chi connectivity index (χ1v) is 19.9. The van der Waals surface area contributed by atoms with Crippen LogP contribution in [0.1, 0.15) is 63.9 Å². The molecule has 0 radical (unpaired) electrons. The summed E-state index contributed by atoms with van der Waals surface area (Å²) >= 11 is 15.0. The molecule has 7 rings (SSSR count). The first-order valence-electron chi connectivity index (χ1n) is 17.5. The van der Waals surface area contributed by atoms with Crippen molar-refractivity contribution < 1.29 is 40.3 Å². The topological polar surface area (TPSA) is 127 Å². The van der Waals surface area contributed by atoms with Gasteiger partial charge in [-0.1, -0.05) is 52.6 Å². The van der Waals surface area contributed by atoms with Gasteiger partial charge in [0.25, 0.3) is 0 Å². The van der Waals surface area contributed by atoms with Crippen molar-refractivity contribution in [1.29, 1.82) is 5.26 Å². The minimum atomic E-state index is -4.38. The molecule has 2 atom stereocenters. The lowest BCUT2D eigenvalue weighted by Crippen LogP contribution is -2.03. The molecule has 0 fully saturated rings. The van der Waals surface area contributed by atoms with E-state index in [1.807, 2.05) is 33.8 Å². The van der Waals surface area contributed by atoms with Gasteiger partial charge in [0.2, 0.25) is 0 Å². The molecule has 0 aliphatic rings. The van der Waals surface area contributed by atoms with Crippen LogP contribution in [-0.2, 0) is 12.4 Å². The van der Waals surface area contributed by atoms with Crippen molar-refractivity contribution in [2.24, 2.45) is 0 Å². The van der Waals surface area contributed by atoms with Gasteiger partial charge in [0.05, 0.1) is 47.9 Å². The second-order valence-electron chi connectivity index (χ2n) is 12.9. The lowest BCUT2D eigenvalue weighted by atomic mass is 10.1. The smallest absolute Gasteiger partial charge is 0.439 e. The summed E-state index contributed by atoms with van der Waals surface area (Å²) in [6, 6.07) is 21.5. The Morgan fingerprint density at radius 3 is 1.55 bits per heavy atom. The summed E-state index contributed by atoms with van der Waals surface area (Å²) in [6.45, 7) is 7.33. The van der Waals surface area contributed by atoms with Gasteiger partial charge in [-0.3, -0.25) is 9.51 Å². The zero-order chi connectivity index (χ0) is 43.5. The Labute approximate surface area is 355 Å². The maximum Gasteiger partial charge on any atom is 0.439 e. The van der Waals surface area contributed by atoms with Crippen LogP contribution in [-0.4, -0.2) is 20.1 Å². The number of benzene rings is 4. The molecule has 7 aromatic rings. The monoisotopic (exact) mass is 903 g/mol. The third-order valence-corrected chi connectivity index (χ3v) is 12.0. The van der Waals surface area contributed by atoms with Crippen LogP contribution in [0, 0.1) is 25.2 Å². The lowest BCUT2D eigenvalue weighted by molar-refractivity contribution is -0.138. The fourth-order valence-electron chi connectivity index (χ4n) is 5.70. The number of rotatable bonds is 9. The van der Waals surface area contributed by atoms with Crippen LogP contribution in [0.15, 0.2) is 94.2 Å². The number of ether oxygens (including phenoxy) is 2. The Bertz CT molecular complexity index is 2720. The number of nitrogens with zero attached hydrogens (tertiary/aromatic N) is 4. The molecule has 0 saturated carbocycles. The summed E-state index contributed by atoms with van der Waals surface area (Å²) in [5.41, 5.74) is 2.11. The van der Waals surface area contributed by atoms with Crippen molar-refractivity contribution in [3.8, 4) is 50.1 Å². The highest BCUT2D eigenvalue weighted by atomic mass is 35.5. The van der Waals surface area contributed by atoms with Gasteiger partial charge >= 0.3 is 18.1 Å². The zero-order valence-corrected chi connectivity index (χ0v) is 34.6. The molecular formula is C41H29Cl2F6N5O4S2. The van der Waals surface area contributed by atoms with Crippen molar-refractivity contribution in [2.45, 2.75) is 52.3 Å². The number of hydrogen-bond donors (Lipinski definition) is 1. The number of hydrogen-bond acceptors (Lipinski definition) is 10. The third-order valence-electron chi connectivity index (χ3n) is 8.64. The van der Waals surface area contributed by atoms with E-state index in [0.29, 0.717) is 53.8 Å². The Morgan fingerprint density at radius 1 is 0.717 bits per heavy atom. The molecule has 3 aromatic heterocycles. The van der Waals surface area contributed by atoms with E-state index in [-0.39, 0.29) is 18.0 Å². The Kier molecular flexibility index (Phi) is 13.1. The number of alkyl halides is 6. The average molecular weight is 905 g/mol. The lowest BCUT2D eigenvalue weighted by Gasteiger charge is -2.14. The largest absolute Gasteiger partial charge is 0.485 e. The van der Waals surface area contributed by atoms with Crippen molar-refractivity contribution in [3.63, 3.8) is 0 Å². The molecule has 9 nitrogen and oxygen atoms in total. The van der Waals surface area contributed by atoms with Gasteiger partial charge in [-0.25, -0.2) is 14.8 Å². The van der Waals surface area contributed by atoms with Crippen LogP contribution in [0.5, 0.6) is 11.5 Å². The van der Waals surface area contributed by atoms with Crippen LogP contribution < -0.4 is 15.2 Å². The standard InChI is InChI=1S/C21H15ClF3N3O3S.C20H14ClF3N2OS/c1-10-17(32-19(26-10)12-3-5-13(6-4-12)21(23,24)25)11(2)30-14-7-8-15(16(22)9-14)18-27-20(29)31-28-18;1-11-18(12(2)27-16-8-5-14(10-25)17(21)9-16)28-19(26-11)13-3-6-15(7-4-13)20(22,23)24/h3-9,11H,1-2H3,(H,27,28,29);3-9,12H,1-2H3.